The second-order valence-corrected chi connectivity index (χ2v) is 5.08. The number of rotatable bonds is 2. The summed E-state index contributed by atoms with van der Waals surface area (Å²) >= 11 is 0. The number of aliphatic carboxylic acids is 2. The van der Waals surface area contributed by atoms with Gasteiger partial charge in [-0.1, -0.05) is 25.5 Å². The van der Waals surface area contributed by atoms with Gasteiger partial charge in [-0.2, -0.15) is 0 Å². The van der Waals surface area contributed by atoms with Crippen molar-refractivity contribution in [3.63, 3.8) is 0 Å². The Morgan fingerprint density at radius 1 is 1.19 bits per heavy atom. The van der Waals surface area contributed by atoms with E-state index < -0.39 is 11.9 Å². The number of carbonyl (C=O) groups is 2. The Kier molecular flexibility index (Phi) is 2.02. The van der Waals surface area contributed by atoms with Crippen molar-refractivity contribution in [3.8, 4) is 0 Å². The van der Waals surface area contributed by atoms with Crippen molar-refractivity contribution >= 4 is 11.9 Å². The van der Waals surface area contributed by atoms with Gasteiger partial charge in [0.25, 0.3) is 0 Å². The highest BCUT2D eigenvalue weighted by Gasteiger charge is 2.56. The first-order valence-electron chi connectivity index (χ1n) is 5.17. The molecule has 0 aromatic heterocycles. The summed E-state index contributed by atoms with van der Waals surface area (Å²) in [5.74, 6) is -2.76. The van der Waals surface area contributed by atoms with Crippen molar-refractivity contribution in [2.75, 3.05) is 0 Å². The first kappa shape index (κ1) is 10.9. The number of carboxylic acid groups (broad SMARTS) is 2. The first-order chi connectivity index (χ1) is 7.28. The lowest BCUT2D eigenvalue weighted by atomic mass is 9.76. The number of hydrogen-bond acceptors (Lipinski definition) is 2. The van der Waals surface area contributed by atoms with Crippen LogP contribution in [0.1, 0.15) is 20.8 Å². The van der Waals surface area contributed by atoms with Gasteiger partial charge in [-0.3, -0.25) is 0 Å². The Morgan fingerprint density at radius 3 is 2.12 bits per heavy atom. The van der Waals surface area contributed by atoms with Gasteiger partial charge in [0, 0.05) is 11.8 Å². The molecule has 0 radical (unpaired) electrons. The molecule has 2 unspecified atom stereocenters. The molecule has 2 aliphatic rings. The van der Waals surface area contributed by atoms with Gasteiger partial charge >= 0.3 is 11.9 Å². The highest BCUT2D eigenvalue weighted by atomic mass is 16.4. The third kappa shape index (κ3) is 1.10. The topological polar surface area (TPSA) is 74.6 Å². The zero-order valence-corrected chi connectivity index (χ0v) is 9.44. The number of carboxylic acids is 2. The standard InChI is InChI=1S/C12H14O4/c1-5-4-6-7(10(13)14)8(11(15)16)9(5)12(6,2)3/h4,6,9H,1-3H3,(H,13,14)(H,15,16). The minimum atomic E-state index is -1.11. The zero-order valence-electron chi connectivity index (χ0n) is 9.44. The van der Waals surface area contributed by atoms with Crippen LogP contribution in [0.3, 0.4) is 0 Å². The molecule has 0 spiro atoms. The van der Waals surface area contributed by atoms with Crippen molar-refractivity contribution in [1.82, 2.24) is 0 Å². The van der Waals surface area contributed by atoms with Gasteiger partial charge in [-0.25, -0.2) is 9.59 Å². The Morgan fingerprint density at radius 2 is 1.69 bits per heavy atom. The molecular weight excluding hydrogens is 208 g/mol. The number of hydrogen-bond donors (Lipinski definition) is 2. The van der Waals surface area contributed by atoms with E-state index in [4.69, 9.17) is 10.2 Å². The third-order valence-electron chi connectivity index (χ3n) is 3.78. The van der Waals surface area contributed by atoms with Crippen LogP contribution in [0.15, 0.2) is 22.8 Å². The van der Waals surface area contributed by atoms with Gasteiger partial charge in [-0.15, -0.1) is 0 Å². The van der Waals surface area contributed by atoms with Crippen LogP contribution < -0.4 is 0 Å². The van der Waals surface area contributed by atoms with Gasteiger partial charge < -0.3 is 10.2 Å². The molecular formula is C12H14O4. The fraction of sp³-hybridized carbons (Fsp3) is 0.500. The van der Waals surface area contributed by atoms with E-state index in [0.29, 0.717) is 0 Å². The molecule has 0 saturated carbocycles. The van der Waals surface area contributed by atoms with E-state index in [1.54, 1.807) is 0 Å². The van der Waals surface area contributed by atoms with Crippen molar-refractivity contribution in [3.05, 3.63) is 22.8 Å². The van der Waals surface area contributed by atoms with E-state index in [1.165, 1.54) is 0 Å². The van der Waals surface area contributed by atoms with E-state index in [0.717, 1.165) is 5.57 Å². The third-order valence-corrected chi connectivity index (χ3v) is 3.78. The van der Waals surface area contributed by atoms with E-state index in [2.05, 4.69) is 0 Å². The van der Waals surface area contributed by atoms with Gasteiger partial charge in [0.05, 0.1) is 11.1 Å². The predicted molar refractivity (Wildman–Crippen MR) is 56.8 cm³/mol. The van der Waals surface area contributed by atoms with E-state index in [-0.39, 0.29) is 28.4 Å². The highest BCUT2D eigenvalue weighted by Crippen LogP contribution is 2.59. The fourth-order valence-electron chi connectivity index (χ4n) is 3.21. The molecule has 2 aliphatic carbocycles. The van der Waals surface area contributed by atoms with Crippen LogP contribution in [-0.2, 0) is 9.59 Å². The minimum Gasteiger partial charge on any atom is -0.478 e. The van der Waals surface area contributed by atoms with Gasteiger partial charge in [-0.05, 0) is 12.3 Å². The van der Waals surface area contributed by atoms with Gasteiger partial charge in [0.15, 0.2) is 0 Å². The number of fused-ring (bicyclic) bond motifs is 2. The molecule has 4 heteroatoms. The minimum absolute atomic E-state index is 0.0631. The molecule has 2 bridgehead atoms. The largest absolute Gasteiger partial charge is 0.478 e. The molecule has 0 saturated heterocycles. The second-order valence-electron chi connectivity index (χ2n) is 5.08. The monoisotopic (exact) mass is 222 g/mol. The van der Waals surface area contributed by atoms with Crippen LogP contribution in [-0.4, -0.2) is 22.2 Å². The van der Waals surface area contributed by atoms with Crippen molar-refractivity contribution < 1.29 is 19.8 Å². The normalized spacial score (nSPS) is 30.6. The lowest BCUT2D eigenvalue weighted by Crippen LogP contribution is -2.23. The van der Waals surface area contributed by atoms with Gasteiger partial charge in [0.2, 0.25) is 0 Å². The zero-order chi connectivity index (χ0) is 12.2. The SMILES string of the molecule is CC1=CC2C(C(=O)O)=C(C(=O)O)C1C2(C)C. The number of allylic oxidation sites excluding steroid dienone is 2. The average molecular weight is 222 g/mol. The molecule has 0 aromatic rings. The molecule has 0 fully saturated rings. The molecule has 0 aliphatic heterocycles. The Balaban J connectivity index is 2.62. The lowest BCUT2D eigenvalue weighted by molar-refractivity contribution is -0.136. The summed E-state index contributed by atoms with van der Waals surface area (Å²) in [4.78, 5) is 22.3. The van der Waals surface area contributed by atoms with Crippen LogP contribution in [0, 0.1) is 17.3 Å². The van der Waals surface area contributed by atoms with E-state index in [9.17, 15) is 9.59 Å². The smallest absolute Gasteiger partial charge is 0.332 e. The summed E-state index contributed by atoms with van der Waals surface area (Å²) in [6, 6.07) is 0. The van der Waals surface area contributed by atoms with Crippen molar-refractivity contribution in [2.45, 2.75) is 20.8 Å². The molecule has 0 heterocycles. The summed E-state index contributed by atoms with van der Waals surface area (Å²) in [5, 5.41) is 18.3. The maximum absolute atomic E-state index is 11.2. The van der Waals surface area contributed by atoms with Crippen LogP contribution in [0.5, 0.6) is 0 Å². The lowest BCUT2D eigenvalue weighted by Gasteiger charge is -2.26. The summed E-state index contributed by atoms with van der Waals surface area (Å²) in [7, 11) is 0. The maximum Gasteiger partial charge on any atom is 0.332 e. The van der Waals surface area contributed by atoms with Crippen LogP contribution in [0.2, 0.25) is 0 Å². The summed E-state index contributed by atoms with van der Waals surface area (Å²) in [6.07, 6.45) is 1.89. The highest BCUT2D eigenvalue weighted by molar-refractivity contribution is 6.02. The molecule has 86 valence electrons. The Labute approximate surface area is 93.3 Å². The Bertz CT molecular complexity index is 454. The molecule has 2 rings (SSSR count). The fourth-order valence-corrected chi connectivity index (χ4v) is 3.21. The molecule has 2 N–H and O–H groups in total. The van der Waals surface area contributed by atoms with E-state index >= 15 is 0 Å². The second kappa shape index (κ2) is 2.97. The molecule has 16 heavy (non-hydrogen) atoms. The summed E-state index contributed by atoms with van der Waals surface area (Å²) in [6.45, 7) is 5.72. The van der Waals surface area contributed by atoms with Crippen molar-refractivity contribution in [2.24, 2.45) is 17.3 Å². The first-order valence-corrected chi connectivity index (χ1v) is 5.17. The summed E-state index contributed by atoms with van der Waals surface area (Å²) < 4.78 is 0. The van der Waals surface area contributed by atoms with Crippen LogP contribution in [0.4, 0.5) is 0 Å². The average Bonchev–Trinajstić information content (AvgIpc) is 2.48. The summed E-state index contributed by atoms with van der Waals surface area (Å²) in [5.41, 5.74) is 0.777. The van der Waals surface area contributed by atoms with Crippen molar-refractivity contribution in [1.29, 1.82) is 0 Å². The van der Waals surface area contributed by atoms with Crippen LogP contribution in [0.25, 0.3) is 0 Å². The quantitative estimate of drug-likeness (QED) is 0.697. The maximum atomic E-state index is 11.2. The molecule has 2 atom stereocenters. The Hall–Kier alpha value is -1.58. The molecule has 0 amide bonds. The molecule has 4 nitrogen and oxygen atoms in total. The van der Waals surface area contributed by atoms with Gasteiger partial charge in [0.1, 0.15) is 0 Å². The van der Waals surface area contributed by atoms with Crippen LogP contribution >= 0.6 is 0 Å². The predicted octanol–water partition coefficient (Wildman–Crippen LogP) is 1.68. The van der Waals surface area contributed by atoms with E-state index in [1.807, 2.05) is 26.8 Å². The molecule has 0 aromatic carbocycles.